The number of benzene rings is 1. The summed E-state index contributed by atoms with van der Waals surface area (Å²) < 4.78 is 25.5. The largest absolute Gasteiger partial charge is 0.241 e. The number of nitrogens with one attached hydrogen (secondary N) is 1. The zero-order chi connectivity index (χ0) is 10.6. The predicted octanol–water partition coefficient (Wildman–Crippen LogP) is 0.907. The fraction of sp³-hybridized carbons (Fsp3) is 0.200. The third-order valence-electron chi connectivity index (χ3n) is 1.75. The van der Waals surface area contributed by atoms with Crippen molar-refractivity contribution in [3.8, 4) is 12.3 Å². The van der Waals surface area contributed by atoms with Crippen LogP contribution in [0.5, 0.6) is 0 Å². The molecular weight excluding hydrogens is 198 g/mol. The molecule has 4 heteroatoms. The van der Waals surface area contributed by atoms with Gasteiger partial charge in [-0.2, -0.15) is 4.72 Å². The third-order valence-corrected chi connectivity index (χ3v) is 3.31. The van der Waals surface area contributed by atoms with Crippen LogP contribution in [0.3, 0.4) is 0 Å². The molecule has 1 aromatic carbocycles. The van der Waals surface area contributed by atoms with Crippen LogP contribution in [0.25, 0.3) is 0 Å². The van der Waals surface area contributed by atoms with E-state index in [1.165, 1.54) is 0 Å². The average molecular weight is 209 g/mol. The molecular formula is C10H11NO2S. The van der Waals surface area contributed by atoms with Crippen molar-refractivity contribution in [2.24, 2.45) is 0 Å². The molecule has 0 heterocycles. The molecule has 0 amide bonds. The summed E-state index contributed by atoms with van der Waals surface area (Å²) in [4.78, 5) is 0.273. The van der Waals surface area contributed by atoms with Crippen LogP contribution in [0.15, 0.2) is 29.2 Å². The number of hydrogen-bond donors (Lipinski definition) is 1. The average Bonchev–Trinajstić information content (AvgIpc) is 2.15. The first-order valence-corrected chi connectivity index (χ1v) is 5.55. The van der Waals surface area contributed by atoms with Crippen molar-refractivity contribution in [3.63, 3.8) is 0 Å². The van der Waals surface area contributed by atoms with Gasteiger partial charge in [-0.1, -0.05) is 24.1 Å². The first-order chi connectivity index (χ1) is 6.58. The molecule has 0 aliphatic heterocycles. The molecule has 14 heavy (non-hydrogen) atoms. The van der Waals surface area contributed by atoms with Crippen LogP contribution >= 0.6 is 0 Å². The van der Waals surface area contributed by atoms with Crippen LogP contribution < -0.4 is 4.72 Å². The van der Waals surface area contributed by atoms with Crippen LogP contribution in [0.2, 0.25) is 0 Å². The highest BCUT2D eigenvalue weighted by molar-refractivity contribution is 7.89. The summed E-state index contributed by atoms with van der Waals surface area (Å²) in [5, 5.41) is 0. The van der Waals surface area contributed by atoms with Crippen molar-refractivity contribution in [3.05, 3.63) is 29.8 Å². The monoisotopic (exact) mass is 209 g/mol. The molecule has 0 aromatic heterocycles. The van der Waals surface area contributed by atoms with Gasteiger partial charge in [0.05, 0.1) is 11.4 Å². The predicted molar refractivity (Wildman–Crippen MR) is 55.2 cm³/mol. The SMILES string of the molecule is C#CCNS(=O)(=O)c1ccccc1C. The van der Waals surface area contributed by atoms with E-state index in [0.717, 1.165) is 0 Å². The molecule has 0 radical (unpaired) electrons. The van der Waals surface area contributed by atoms with E-state index >= 15 is 0 Å². The van der Waals surface area contributed by atoms with Gasteiger partial charge in [0.2, 0.25) is 10.0 Å². The molecule has 0 bridgehead atoms. The fourth-order valence-corrected chi connectivity index (χ4v) is 2.25. The second kappa shape index (κ2) is 4.27. The molecule has 1 N–H and O–H groups in total. The molecule has 0 fully saturated rings. The van der Waals surface area contributed by atoms with Gasteiger partial charge < -0.3 is 0 Å². The Labute approximate surface area is 84.2 Å². The van der Waals surface area contributed by atoms with Crippen LogP contribution in [0, 0.1) is 19.3 Å². The third kappa shape index (κ3) is 2.34. The highest BCUT2D eigenvalue weighted by atomic mass is 32.2. The van der Waals surface area contributed by atoms with Gasteiger partial charge in [0.15, 0.2) is 0 Å². The topological polar surface area (TPSA) is 46.2 Å². The Kier molecular flexibility index (Phi) is 3.28. The summed E-state index contributed by atoms with van der Waals surface area (Å²) in [6.45, 7) is 1.75. The summed E-state index contributed by atoms with van der Waals surface area (Å²) in [6.07, 6.45) is 4.97. The van der Waals surface area contributed by atoms with Gasteiger partial charge in [-0.15, -0.1) is 6.42 Å². The summed E-state index contributed by atoms with van der Waals surface area (Å²) in [5.41, 5.74) is 0.706. The Morgan fingerprint density at radius 3 is 2.64 bits per heavy atom. The molecule has 1 aromatic rings. The number of terminal acetylenes is 1. The maximum atomic E-state index is 11.6. The lowest BCUT2D eigenvalue weighted by molar-refractivity contribution is 0.585. The highest BCUT2D eigenvalue weighted by Gasteiger charge is 2.14. The van der Waals surface area contributed by atoms with Crippen LogP contribution in [-0.4, -0.2) is 15.0 Å². The highest BCUT2D eigenvalue weighted by Crippen LogP contribution is 2.13. The maximum absolute atomic E-state index is 11.6. The van der Waals surface area contributed by atoms with Crippen LogP contribution in [0.1, 0.15) is 5.56 Å². The standard InChI is InChI=1S/C10H11NO2S/c1-3-8-11-14(12,13)10-7-5-4-6-9(10)2/h1,4-7,11H,8H2,2H3. The Balaban J connectivity index is 3.06. The molecule has 74 valence electrons. The van der Waals surface area contributed by atoms with Gasteiger partial charge in [0, 0.05) is 0 Å². The normalized spacial score (nSPS) is 10.9. The number of hydrogen-bond acceptors (Lipinski definition) is 2. The molecule has 0 spiro atoms. The summed E-state index contributed by atoms with van der Waals surface area (Å²) in [6, 6.07) is 6.76. The smallest absolute Gasteiger partial charge is 0.207 e. The van der Waals surface area contributed by atoms with Crippen molar-refractivity contribution in [1.29, 1.82) is 0 Å². The molecule has 0 saturated carbocycles. The molecule has 0 atom stereocenters. The van der Waals surface area contributed by atoms with E-state index in [1.807, 2.05) is 0 Å². The van der Waals surface area contributed by atoms with Gasteiger partial charge >= 0.3 is 0 Å². The zero-order valence-corrected chi connectivity index (χ0v) is 8.64. The second-order valence-electron chi connectivity index (χ2n) is 2.79. The Hall–Kier alpha value is -1.31. The van der Waals surface area contributed by atoms with Crippen molar-refractivity contribution in [1.82, 2.24) is 4.72 Å². The zero-order valence-electron chi connectivity index (χ0n) is 7.82. The van der Waals surface area contributed by atoms with Gasteiger partial charge in [-0.05, 0) is 18.6 Å². The lowest BCUT2D eigenvalue weighted by Crippen LogP contribution is -2.24. The van der Waals surface area contributed by atoms with Gasteiger partial charge in [-0.3, -0.25) is 0 Å². The molecule has 3 nitrogen and oxygen atoms in total. The quantitative estimate of drug-likeness (QED) is 0.752. The first kappa shape index (κ1) is 10.8. The van der Waals surface area contributed by atoms with Gasteiger partial charge in [0.25, 0.3) is 0 Å². The fourth-order valence-electron chi connectivity index (χ4n) is 1.07. The minimum atomic E-state index is -3.45. The Morgan fingerprint density at radius 1 is 1.43 bits per heavy atom. The molecule has 0 unspecified atom stereocenters. The van der Waals surface area contributed by atoms with Crippen molar-refractivity contribution in [2.75, 3.05) is 6.54 Å². The van der Waals surface area contributed by atoms with Crippen molar-refractivity contribution < 1.29 is 8.42 Å². The van der Waals surface area contributed by atoms with Crippen LogP contribution in [-0.2, 0) is 10.0 Å². The molecule has 1 rings (SSSR count). The van der Waals surface area contributed by atoms with E-state index in [-0.39, 0.29) is 11.4 Å². The Morgan fingerprint density at radius 2 is 2.07 bits per heavy atom. The lowest BCUT2D eigenvalue weighted by Gasteiger charge is -2.06. The van der Waals surface area contributed by atoms with E-state index < -0.39 is 10.0 Å². The van der Waals surface area contributed by atoms with Gasteiger partial charge in [-0.25, -0.2) is 8.42 Å². The lowest BCUT2D eigenvalue weighted by atomic mass is 10.2. The summed E-state index contributed by atoms with van der Waals surface area (Å²) in [7, 11) is -3.45. The minimum absolute atomic E-state index is 0.0106. The maximum Gasteiger partial charge on any atom is 0.241 e. The van der Waals surface area contributed by atoms with E-state index in [4.69, 9.17) is 6.42 Å². The Bertz CT molecular complexity index is 457. The number of rotatable bonds is 3. The first-order valence-electron chi connectivity index (χ1n) is 4.06. The second-order valence-corrected chi connectivity index (χ2v) is 4.53. The molecule has 0 aliphatic carbocycles. The number of sulfonamides is 1. The molecule has 0 aliphatic rings. The van der Waals surface area contributed by atoms with E-state index in [0.29, 0.717) is 5.56 Å². The summed E-state index contributed by atoms with van der Waals surface area (Å²) in [5.74, 6) is 2.22. The summed E-state index contributed by atoms with van der Waals surface area (Å²) >= 11 is 0. The van der Waals surface area contributed by atoms with E-state index in [9.17, 15) is 8.42 Å². The minimum Gasteiger partial charge on any atom is -0.207 e. The van der Waals surface area contributed by atoms with E-state index in [1.54, 1.807) is 31.2 Å². The van der Waals surface area contributed by atoms with E-state index in [2.05, 4.69) is 10.6 Å². The number of aryl methyl sites for hydroxylation is 1. The van der Waals surface area contributed by atoms with Crippen molar-refractivity contribution >= 4 is 10.0 Å². The van der Waals surface area contributed by atoms with Gasteiger partial charge in [0.1, 0.15) is 0 Å². The van der Waals surface area contributed by atoms with Crippen molar-refractivity contribution in [2.45, 2.75) is 11.8 Å². The molecule has 0 saturated heterocycles. The van der Waals surface area contributed by atoms with Crippen LogP contribution in [0.4, 0.5) is 0 Å².